The highest BCUT2D eigenvalue weighted by Gasteiger charge is 2.51. The van der Waals surface area contributed by atoms with Crippen molar-refractivity contribution in [1.82, 2.24) is 0 Å². The van der Waals surface area contributed by atoms with Crippen LogP contribution in [0.3, 0.4) is 0 Å². The summed E-state index contributed by atoms with van der Waals surface area (Å²) in [5, 5.41) is 134. The molecule has 4 heterocycles. The Bertz CT molecular complexity index is 1850. The number of phenolic OH excluding ortho intramolecular Hbond substituents is 3. The molecule has 21 nitrogen and oxygen atoms in total. The lowest BCUT2D eigenvalue weighted by molar-refractivity contribution is -0.354. The Hall–Kier alpha value is -3.91. The molecule has 2 aromatic carbocycles. The van der Waals surface area contributed by atoms with Gasteiger partial charge in [0, 0.05) is 17.7 Å². The summed E-state index contributed by atoms with van der Waals surface area (Å²) in [7, 11) is 0. The van der Waals surface area contributed by atoms with Crippen molar-refractivity contribution in [3.05, 3.63) is 40.6 Å². The van der Waals surface area contributed by atoms with Crippen molar-refractivity contribution < 1.29 is 99.2 Å². The molecule has 0 spiro atoms. The number of phenols is 3. The molecule has 0 amide bonds. The maximum atomic E-state index is 14.0. The summed E-state index contributed by atoms with van der Waals surface area (Å²) in [6, 6.07) is 5.14. The van der Waals surface area contributed by atoms with Gasteiger partial charge in [0.05, 0.1) is 19.3 Å². The SMILES string of the molecule is C[C@@H]1O[C@@H](O[C@H]2[C@H](Oc3cc(O)c4c(=O)c(O[C@@H]5O[C@H](CO)[C@@H](O)[C@@H](O)[C@H]5O)c(-c5ccc(O)c(O)c5)oc4c3)O[C@@H](CO)[C@@H](O)[C@@H]2O)[C@H](O)[C@@H](O)[C@H]1O. The third-order valence-electron chi connectivity index (χ3n) is 9.40. The minimum Gasteiger partial charge on any atom is -0.507 e. The molecule has 3 aliphatic rings. The van der Waals surface area contributed by atoms with Gasteiger partial charge in [0.1, 0.15) is 83.5 Å². The van der Waals surface area contributed by atoms with Crippen molar-refractivity contribution in [3.8, 4) is 40.1 Å². The molecular formula is C33H40O21. The molecule has 3 saturated heterocycles. The lowest BCUT2D eigenvalue weighted by atomic mass is 9.97. The number of aromatic hydroxyl groups is 3. The standard InChI is InChI=1S/C33H40O21/c1-9-19(39)23(43)26(46)31(48-9)54-30-25(45)21(41)17(8-35)52-33(30)49-11-5-14(38)18-15(6-11)50-28(10-2-3-12(36)13(37)4-10)29(22(18)42)53-32-27(47)24(44)20(40)16(7-34)51-32/h2-6,9,16-17,19-21,23-27,30-41,43-47H,7-8H2,1H3/t9-,16+,17-,19-,20+,21+,23-,24+,25-,26+,27+,30+,31-,32-,33+/m0/s1. The van der Waals surface area contributed by atoms with Crippen LogP contribution < -0.4 is 14.9 Å². The summed E-state index contributed by atoms with van der Waals surface area (Å²) < 4.78 is 39.6. The fourth-order valence-electron chi connectivity index (χ4n) is 6.28. The summed E-state index contributed by atoms with van der Waals surface area (Å²) in [5.41, 5.74) is -1.66. The Labute approximate surface area is 303 Å². The molecule has 54 heavy (non-hydrogen) atoms. The van der Waals surface area contributed by atoms with E-state index in [-0.39, 0.29) is 11.3 Å². The summed E-state index contributed by atoms with van der Waals surface area (Å²) >= 11 is 0. The average molecular weight is 773 g/mol. The fourth-order valence-corrected chi connectivity index (χ4v) is 6.28. The first-order valence-electron chi connectivity index (χ1n) is 16.5. The van der Waals surface area contributed by atoms with E-state index in [1.807, 2.05) is 0 Å². The average Bonchev–Trinajstić information content (AvgIpc) is 3.14. The molecule has 0 radical (unpaired) electrons. The first kappa shape index (κ1) is 39.8. The van der Waals surface area contributed by atoms with E-state index in [0.29, 0.717) is 0 Å². The van der Waals surface area contributed by atoms with E-state index < -0.39 is 150 Å². The zero-order chi connectivity index (χ0) is 39.3. The van der Waals surface area contributed by atoms with E-state index in [1.54, 1.807) is 0 Å². The van der Waals surface area contributed by atoms with Crippen LogP contribution >= 0.6 is 0 Å². The first-order chi connectivity index (χ1) is 25.6. The van der Waals surface area contributed by atoms with E-state index in [9.17, 15) is 71.2 Å². The van der Waals surface area contributed by atoms with Gasteiger partial charge in [0.2, 0.25) is 23.8 Å². The van der Waals surface area contributed by atoms with Gasteiger partial charge in [-0.15, -0.1) is 0 Å². The van der Waals surface area contributed by atoms with Crippen molar-refractivity contribution in [2.75, 3.05) is 13.2 Å². The van der Waals surface area contributed by atoms with Crippen LogP contribution in [0.5, 0.6) is 28.7 Å². The minimum absolute atomic E-state index is 0.116. The van der Waals surface area contributed by atoms with Gasteiger partial charge in [-0.1, -0.05) is 0 Å². The van der Waals surface area contributed by atoms with E-state index in [1.165, 1.54) is 13.0 Å². The number of fused-ring (bicyclic) bond motifs is 1. The Balaban J connectivity index is 1.40. The third-order valence-corrected chi connectivity index (χ3v) is 9.40. The van der Waals surface area contributed by atoms with Gasteiger partial charge in [-0.3, -0.25) is 4.79 Å². The molecule has 0 unspecified atom stereocenters. The number of hydrogen-bond donors (Lipinski definition) is 13. The van der Waals surface area contributed by atoms with Crippen LogP contribution in [0.4, 0.5) is 0 Å². The van der Waals surface area contributed by atoms with Crippen LogP contribution in [-0.4, -0.2) is 172 Å². The monoisotopic (exact) mass is 772 g/mol. The predicted octanol–water partition coefficient (Wildman–Crippen LogP) is -4.21. The largest absolute Gasteiger partial charge is 0.507 e. The molecule has 1 aromatic heterocycles. The van der Waals surface area contributed by atoms with Gasteiger partial charge >= 0.3 is 0 Å². The lowest BCUT2D eigenvalue weighted by Gasteiger charge is -2.45. The number of benzene rings is 2. The number of hydrogen-bond acceptors (Lipinski definition) is 21. The fraction of sp³-hybridized carbons (Fsp3) is 0.545. The number of rotatable bonds is 9. The van der Waals surface area contributed by atoms with Crippen molar-refractivity contribution in [2.24, 2.45) is 0 Å². The van der Waals surface area contributed by atoms with E-state index in [0.717, 1.165) is 24.3 Å². The second-order valence-corrected chi connectivity index (χ2v) is 13.0. The van der Waals surface area contributed by atoms with Crippen LogP contribution in [0.2, 0.25) is 0 Å². The van der Waals surface area contributed by atoms with Crippen molar-refractivity contribution >= 4 is 11.0 Å². The molecule has 3 aliphatic heterocycles. The second-order valence-electron chi connectivity index (χ2n) is 13.0. The molecule has 0 saturated carbocycles. The third kappa shape index (κ3) is 7.27. The van der Waals surface area contributed by atoms with Gasteiger partial charge in [-0.25, -0.2) is 0 Å². The van der Waals surface area contributed by atoms with Crippen LogP contribution in [0.1, 0.15) is 6.92 Å². The summed E-state index contributed by atoms with van der Waals surface area (Å²) in [5.74, 6) is -3.66. The van der Waals surface area contributed by atoms with Crippen LogP contribution in [-0.2, 0) is 18.9 Å². The smallest absolute Gasteiger partial charge is 0.239 e. The highest BCUT2D eigenvalue weighted by Crippen LogP contribution is 2.40. The van der Waals surface area contributed by atoms with Crippen molar-refractivity contribution in [1.29, 1.82) is 0 Å². The number of ether oxygens (including phenoxy) is 6. The zero-order valence-corrected chi connectivity index (χ0v) is 28.0. The topological polar surface area (TPSA) is 349 Å². The Morgan fingerprint density at radius 3 is 1.89 bits per heavy atom. The molecule has 3 aromatic rings. The second kappa shape index (κ2) is 15.7. The van der Waals surface area contributed by atoms with E-state index in [2.05, 4.69) is 0 Å². The molecule has 0 bridgehead atoms. The summed E-state index contributed by atoms with van der Waals surface area (Å²) in [6.07, 6.45) is -25.5. The van der Waals surface area contributed by atoms with Gasteiger partial charge in [0.25, 0.3) is 0 Å². The van der Waals surface area contributed by atoms with Crippen molar-refractivity contribution in [3.63, 3.8) is 0 Å². The minimum atomic E-state index is -1.98. The molecule has 21 heteroatoms. The lowest BCUT2D eigenvalue weighted by Crippen LogP contribution is -2.64. The van der Waals surface area contributed by atoms with Gasteiger partial charge < -0.3 is 99.2 Å². The molecule has 15 atom stereocenters. The van der Waals surface area contributed by atoms with Gasteiger partial charge in [0.15, 0.2) is 29.7 Å². The predicted molar refractivity (Wildman–Crippen MR) is 173 cm³/mol. The highest BCUT2D eigenvalue weighted by molar-refractivity contribution is 5.88. The first-order valence-corrected chi connectivity index (χ1v) is 16.5. The van der Waals surface area contributed by atoms with E-state index >= 15 is 0 Å². The maximum Gasteiger partial charge on any atom is 0.239 e. The Morgan fingerprint density at radius 2 is 1.24 bits per heavy atom. The van der Waals surface area contributed by atoms with Crippen molar-refractivity contribution in [2.45, 2.75) is 99.0 Å². The molecule has 0 aliphatic carbocycles. The molecule has 3 fully saturated rings. The molecule has 6 rings (SSSR count). The van der Waals surface area contributed by atoms with Crippen LogP contribution in [0.15, 0.2) is 39.5 Å². The summed E-state index contributed by atoms with van der Waals surface area (Å²) in [6.45, 7) is -0.287. The van der Waals surface area contributed by atoms with Crippen LogP contribution in [0.25, 0.3) is 22.3 Å². The van der Waals surface area contributed by atoms with Gasteiger partial charge in [-0.2, -0.15) is 0 Å². The Kier molecular flexibility index (Phi) is 11.5. The molecule has 13 N–H and O–H groups in total. The quantitative estimate of drug-likeness (QED) is 0.0917. The van der Waals surface area contributed by atoms with Gasteiger partial charge in [-0.05, 0) is 25.1 Å². The van der Waals surface area contributed by atoms with Crippen LogP contribution in [0, 0.1) is 0 Å². The maximum absolute atomic E-state index is 14.0. The Morgan fingerprint density at radius 1 is 0.630 bits per heavy atom. The summed E-state index contributed by atoms with van der Waals surface area (Å²) in [4.78, 5) is 14.0. The number of aliphatic hydroxyl groups is 10. The highest BCUT2D eigenvalue weighted by atomic mass is 16.8. The normalized spacial score (nSPS) is 37.3. The zero-order valence-electron chi connectivity index (χ0n) is 28.0. The number of aliphatic hydroxyl groups excluding tert-OH is 10. The molecule has 298 valence electrons. The van der Waals surface area contributed by atoms with E-state index in [4.69, 9.17) is 32.8 Å². The molecular weight excluding hydrogens is 732 g/mol.